The summed E-state index contributed by atoms with van der Waals surface area (Å²) in [5, 5.41) is 3.52. The molecule has 3 rings (SSSR count). The summed E-state index contributed by atoms with van der Waals surface area (Å²) >= 11 is 4.84. The predicted molar refractivity (Wildman–Crippen MR) is 98.8 cm³/mol. The maximum atomic E-state index is 12.3. The van der Waals surface area contributed by atoms with Gasteiger partial charge in [-0.3, -0.25) is 4.79 Å². The number of halogens is 1. The van der Waals surface area contributed by atoms with Crippen LogP contribution in [0, 0.1) is 0 Å². The molecule has 1 unspecified atom stereocenters. The molecule has 1 amide bonds. The highest BCUT2D eigenvalue weighted by Crippen LogP contribution is 2.27. The number of thioether (sulfide) groups is 1. The molecule has 0 aliphatic heterocycles. The Kier molecular flexibility index (Phi) is 4.73. The van der Waals surface area contributed by atoms with Gasteiger partial charge in [-0.05, 0) is 43.3 Å². The van der Waals surface area contributed by atoms with Crippen LogP contribution in [0.2, 0.25) is 0 Å². The zero-order valence-corrected chi connectivity index (χ0v) is 15.2. The molecular weight excluding hydrogens is 374 g/mol. The molecule has 4 nitrogen and oxygen atoms in total. The second-order valence-electron chi connectivity index (χ2n) is 5.20. The summed E-state index contributed by atoms with van der Waals surface area (Å²) in [5.74, 6) is -0.0376. The second-order valence-corrected chi connectivity index (χ2v) is 7.42. The molecule has 118 valence electrons. The molecule has 0 saturated heterocycles. The van der Waals surface area contributed by atoms with Crippen molar-refractivity contribution in [2.75, 3.05) is 5.32 Å². The van der Waals surface area contributed by atoms with Crippen LogP contribution in [-0.2, 0) is 11.8 Å². The topological polar surface area (TPSA) is 46.9 Å². The summed E-state index contributed by atoms with van der Waals surface area (Å²) < 4.78 is 3.00. The van der Waals surface area contributed by atoms with Crippen LogP contribution in [0.4, 0.5) is 5.69 Å². The summed E-state index contributed by atoms with van der Waals surface area (Å²) in [5.41, 5.74) is 2.80. The van der Waals surface area contributed by atoms with Crippen molar-refractivity contribution < 1.29 is 4.79 Å². The van der Waals surface area contributed by atoms with Gasteiger partial charge in [0.15, 0.2) is 5.16 Å². The van der Waals surface area contributed by atoms with Crippen LogP contribution < -0.4 is 5.32 Å². The highest BCUT2D eigenvalue weighted by molar-refractivity contribution is 9.10. The quantitative estimate of drug-likeness (QED) is 0.670. The number of imidazole rings is 1. The van der Waals surface area contributed by atoms with Crippen molar-refractivity contribution in [1.82, 2.24) is 9.55 Å². The zero-order chi connectivity index (χ0) is 16.4. The lowest BCUT2D eigenvalue weighted by Gasteiger charge is -2.11. The van der Waals surface area contributed by atoms with Crippen molar-refractivity contribution >= 4 is 50.3 Å². The average Bonchev–Trinajstić information content (AvgIpc) is 2.86. The monoisotopic (exact) mass is 389 g/mol. The smallest absolute Gasteiger partial charge is 0.237 e. The van der Waals surface area contributed by atoms with E-state index in [1.165, 1.54) is 11.8 Å². The number of hydrogen-bond donors (Lipinski definition) is 1. The van der Waals surface area contributed by atoms with Crippen LogP contribution in [-0.4, -0.2) is 20.7 Å². The number of nitrogens with zero attached hydrogens (tertiary/aromatic N) is 2. The van der Waals surface area contributed by atoms with Crippen molar-refractivity contribution in [2.45, 2.75) is 17.3 Å². The van der Waals surface area contributed by atoms with Crippen molar-refractivity contribution in [3.63, 3.8) is 0 Å². The van der Waals surface area contributed by atoms with Gasteiger partial charge in [-0.25, -0.2) is 4.98 Å². The Hall–Kier alpha value is -1.79. The van der Waals surface area contributed by atoms with Crippen molar-refractivity contribution in [1.29, 1.82) is 0 Å². The van der Waals surface area contributed by atoms with Crippen molar-refractivity contribution in [3.05, 3.63) is 53.0 Å². The van der Waals surface area contributed by atoms with E-state index in [4.69, 9.17) is 0 Å². The molecular formula is C17H16BrN3OS. The standard InChI is InChI=1S/C17H16BrN3OS/c1-11(16(22)19-13-9-7-12(18)8-10-13)23-17-20-14-5-3-4-6-15(14)21(17)2/h3-11H,1-2H3,(H,19,22). The predicted octanol–water partition coefficient (Wildman–Crippen LogP) is 4.46. The van der Waals surface area contributed by atoms with Gasteiger partial charge in [0.1, 0.15) is 0 Å². The maximum absolute atomic E-state index is 12.3. The molecule has 6 heteroatoms. The molecule has 0 saturated carbocycles. The van der Waals surface area contributed by atoms with E-state index in [-0.39, 0.29) is 11.2 Å². The molecule has 2 aromatic carbocycles. The largest absolute Gasteiger partial charge is 0.325 e. The van der Waals surface area contributed by atoms with Gasteiger partial charge in [-0.15, -0.1) is 0 Å². The Bertz CT molecular complexity index is 845. The first-order chi connectivity index (χ1) is 11.0. The van der Waals surface area contributed by atoms with Gasteiger partial charge in [0.25, 0.3) is 0 Å². The minimum atomic E-state index is -0.242. The number of carbonyl (C=O) groups excluding carboxylic acids is 1. The van der Waals surface area contributed by atoms with Crippen LogP contribution >= 0.6 is 27.7 Å². The Morgan fingerprint density at radius 2 is 1.91 bits per heavy atom. The van der Waals surface area contributed by atoms with E-state index in [9.17, 15) is 4.79 Å². The molecule has 1 atom stereocenters. The molecule has 0 bridgehead atoms. The number of hydrogen-bond acceptors (Lipinski definition) is 3. The van der Waals surface area contributed by atoms with E-state index >= 15 is 0 Å². The van der Waals surface area contributed by atoms with Crippen LogP contribution in [0.5, 0.6) is 0 Å². The average molecular weight is 390 g/mol. The summed E-state index contributed by atoms with van der Waals surface area (Å²) in [6.45, 7) is 1.89. The second kappa shape index (κ2) is 6.76. The maximum Gasteiger partial charge on any atom is 0.237 e. The molecule has 3 aromatic rings. The Morgan fingerprint density at radius 3 is 2.61 bits per heavy atom. The van der Waals surface area contributed by atoms with Gasteiger partial charge in [0.05, 0.1) is 16.3 Å². The fraction of sp³-hybridized carbons (Fsp3) is 0.176. The van der Waals surface area contributed by atoms with Crippen molar-refractivity contribution in [2.24, 2.45) is 7.05 Å². The zero-order valence-electron chi connectivity index (χ0n) is 12.8. The van der Waals surface area contributed by atoms with E-state index in [1.54, 1.807) is 0 Å². The number of fused-ring (bicyclic) bond motifs is 1. The molecule has 1 aromatic heterocycles. The van der Waals surface area contributed by atoms with Gasteiger partial charge in [-0.2, -0.15) is 0 Å². The van der Waals surface area contributed by atoms with Gasteiger partial charge < -0.3 is 9.88 Å². The number of nitrogens with one attached hydrogen (secondary N) is 1. The number of rotatable bonds is 4. The van der Waals surface area contributed by atoms with Gasteiger partial charge >= 0.3 is 0 Å². The molecule has 23 heavy (non-hydrogen) atoms. The highest BCUT2D eigenvalue weighted by Gasteiger charge is 2.18. The molecule has 1 N–H and O–H groups in total. The molecule has 0 radical (unpaired) electrons. The third kappa shape index (κ3) is 3.59. The lowest BCUT2D eigenvalue weighted by Crippen LogP contribution is -2.22. The molecule has 0 aliphatic rings. The number of benzene rings is 2. The lowest BCUT2D eigenvalue weighted by molar-refractivity contribution is -0.115. The van der Waals surface area contributed by atoms with Crippen LogP contribution in [0.15, 0.2) is 58.2 Å². The molecule has 0 spiro atoms. The minimum absolute atomic E-state index is 0.0376. The Balaban J connectivity index is 1.72. The Labute approximate surface area is 147 Å². The van der Waals surface area contributed by atoms with Crippen molar-refractivity contribution in [3.8, 4) is 0 Å². The normalized spacial score (nSPS) is 12.3. The van der Waals surface area contributed by atoms with E-state index in [1.807, 2.05) is 67.1 Å². The third-order valence-corrected chi connectivity index (χ3v) is 5.18. The fourth-order valence-electron chi connectivity index (χ4n) is 2.22. The number of carbonyl (C=O) groups is 1. The van der Waals surface area contributed by atoms with E-state index in [0.717, 1.165) is 26.3 Å². The molecule has 1 heterocycles. The van der Waals surface area contributed by atoms with Gasteiger partial charge in [-0.1, -0.05) is 39.8 Å². The Morgan fingerprint density at radius 1 is 1.22 bits per heavy atom. The van der Waals surface area contributed by atoms with E-state index < -0.39 is 0 Å². The number of anilines is 1. The fourth-order valence-corrected chi connectivity index (χ4v) is 3.37. The number of para-hydroxylation sites is 2. The number of amides is 1. The van der Waals surface area contributed by atoms with Gasteiger partial charge in [0.2, 0.25) is 5.91 Å². The first-order valence-electron chi connectivity index (χ1n) is 7.19. The summed E-state index contributed by atoms with van der Waals surface area (Å²) in [6.07, 6.45) is 0. The SMILES string of the molecule is CC(Sc1nc2ccccc2n1C)C(=O)Nc1ccc(Br)cc1. The minimum Gasteiger partial charge on any atom is -0.325 e. The number of aryl methyl sites for hydroxylation is 1. The first-order valence-corrected chi connectivity index (χ1v) is 8.86. The summed E-state index contributed by atoms with van der Waals surface area (Å²) in [4.78, 5) is 16.9. The van der Waals surface area contributed by atoms with Crippen LogP contribution in [0.3, 0.4) is 0 Å². The highest BCUT2D eigenvalue weighted by atomic mass is 79.9. The van der Waals surface area contributed by atoms with E-state index in [2.05, 4.69) is 26.2 Å². The summed E-state index contributed by atoms with van der Waals surface area (Å²) in [6, 6.07) is 15.5. The van der Waals surface area contributed by atoms with E-state index in [0.29, 0.717) is 0 Å². The summed E-state index contributed by atoms with van der Waals surface area (Å²) in [7, 11) is 1.97. The molecule has 0 aliphatic carbocycles. The van der Waals surface area contributed by atoms with Gasteiger partial charge in [0, 0.05) is 17.2 Å². The van der Waals surface area contributed by atoms with Crippen LogP contribution in [0.1, 0.15) is 6.92 Å². The number of aromatic nitrogens is 2. The lowest BCUT2D eigenvalue weighted by atomic mass is 10.3. The third-order valence-electron chi connectivity index (χ3n) is 3.51. The molecule has 0 fully saturated rings. The first kappa shape index (κ1) is 16.1. The van der Waals surface area contributed by atoms with Crippen LogP contribution in [0.25, 0.3) is 11.0 Å².